The van der Waals surface area contributed by atoms with Gasteiger partial charge in [0.1, 0.15) is 10.6 Å². The van der Waals surface area contributed by atoms with Gasteiger partial charge in [-0.05, 0) is 32.0 Å². The lowest BCUT2D eigenvalue weighted by atomic mass is 10.1. The number of para-hydroxylation sites is 1. The second-order valence-electron chi connectivity index (χ2n) is 7.37. The van der Waals surface area contributed by atoms with Crippen molar-refractivity contribution in [2.75, 3.05) is 5.32 Å². The summed E-state index contributed by atoms with van der Waals surface area (Å²) in [6.07, 6.45) is 0. The first-order chi connectivity index (χ1) is 15.1. The first-order valence-corrected chi connectivity index (χ1v) is 10.8. The maximum atomic E-state index is 12.8. The molecule has 5 aromatic rings. The smallest absolute Gasteiger partial charge is 0.291 e. The van der Waals surface area contributed by atoms with Gasteiger partial charge in [0, 0.05) is 32.6 Å². The second-order valence-corrected chi connectivity index (χ2v) is 8.58. The minimum atomic E-state index is -0.252. The van der Waals surface area contributed by atoms with Crippen LogP contribution in [-0.4, -0.2) is 10.9 Å². The van der Waals surface area contributed by atoms with Gasteiger partial charge in [-0.25, -0.2) is 4.98 Å². The summed E-state index contributed by atoms with van der Waals surface area (Å²) in [5.41, 5.74) is 5.38. The van der Waals surface area contributed by atoms with E-state index in [0.29, 0.717) is 17.0 Å². The molecule has 0 bridgehead atoms. The summed E-state index contributed by atoms with van der Waals surface area (Å²) >= 11 is 1.68. The fraction of sp³-hybridized carbons (Fsp3) is 0.0769. The van der Waals surface area contributed by atoms with Gasteiger partial charge in [-0.2, -0.15) is 0 Å². The number of fused-ring (bicyclic) bond motifs is 1. The number of benzene rings is 3. The van der Waals surface area contributed by atoms with Crippen LogP contribution in [0.15, 0.2) is 83.3 Å². The Kier molecular flexibility index (Phi) is 4.88. The molecular formula is C26H20N2O2S. The molecule has 0 aliphatic rings. The van der Waals surface area contributed by atoms with Crippen LogP contribution >= 0.6 is 11.3 Å². The van der Waals surface area contributed by atoms with Crippen molar-refractivity contribution in [2.45, 2.75) is 13.8 Å². The molecule has 152 valence electrons. The summed E-state index contributed by atoms with van der Waals surface area (Å²) in [7, 11) is 0. The molecule has 2 heterocycles. The van der Waals surface area contributed by atoms with Crippen LogP contribution in [0.25, 0.3) is 32.8 Å². The number of rotatable bonds is 4. The quantitative estimate of drug-likeness (QED) is 0.335. The van der Waals surface area contributed by atoms with Crippen molar-refractivity contribution >= 4 is 33.9 Å². The Morgan fingerprint density at radius 1 is 0.871 bits per heavy atom. The second kappa shape index (κ2) is 7.85. The van der Waals surface area contributed by atoms with Crippen LogP contribution in [0.5, 0.6) is 0 Å². The minimum absolute atomic E-state index is 0.252. The molecule has 2 aromatic heterocycles. The van der Waals surface area contributed by atoms with Gasteiger partial charge < -0.3 is 9.73 Å². The molecule has 0 radical (unpaired) electrons. The number of anilines is 1. The number of nitrogens with one attached hydrogen (secondary N) is 1. The van der Waals surface area contributed by atoms with E-state index in [0.717, 1.165) is 37.7 Å². The topological polar surface area (TPSA) is 55.1 Å². The van der Waals surface area contributed by atoms with E-state index in [1.165, 1.54) is 0 Å². The summed E-state index contributed by atoms with van der Waals surface area (Å²) in [6, 6.07) is 25.6. The molecule has 0 aliphatic heterocycles. The third-order valence-electron chi connectivity index (χ3n) is 5.28. The average molecular weight is 425 g/mol. The van der Waals surface area contributed by atoms with Crippen LogP contribution in [0.3, 0.4) is 0 Å². The van der Waals surface area contributed by atoms with Crippen molar-refractivity contribution in [3.05, 3.63) is 95.1 Å². The van der Waals surface area contributed by atoms with Crippen LogP contribution in [-0.2, 0) is 0 Å². The summed E-state index contributed by atoms with van der Waals surface area (Å²) in [5, 5.41) is 4.89. The fourth-order valence-corrected chi connectivity index (χ4v) is 4.60. The van der Waals surface area contributed by atoms with Crippen LogP contribution < -0.4 is 5.32 Å². The predicted molar refractivity (Wildman–Crippen MR) is 127 cm³/mol. The number of nitrogens with zero attached hydrogens (tertiary/aromatic N) is 1. The number of thiazole rings is 1. The van der Waals surface area contributed by atoms with Gasteiger partial charge in [0.15, 0.2) is 5.76 Å². The lowest BCUT2D eigenvalue weighted by Gasteiger charge is -2.05. The van der Waals surface area contributed by atoms with Crippen LogP contribution in [0, 0.1) is 13.8 Å². The van der Waals surface area contributed by atoms with Crippen LogP contribution in [0.2, 0.25) is 0 Å². The Morgan fingerprint density at radius 2 is 1.58 bits per heavy atom. The number of amides is 1. The van der Waals surface area contributed by atoms with Gasteiger partial charge in [-0.3, -0.25) is 4.79 Å². The highest BCUT2D eigenvalue weighted by Crippen LogP contribution is 2.33. The van der Waals surface area contributed by atoms with Gasteiger partial charge in [-0.1, -0.05) is 60.7 Å². The van der Waals surface area contributed by atoms with E-state index < -0.39 is 0 Å². The molecule has 4 nitrogen and oxygen atoms in total. The fourth-order valence-electron chi connectivity index (χ4n) is 3.66. The Bertz CT molecular complexity index is 1380. The summed E-state index contributed by atoms with van der Waals surface area (Å²) in [6.45, 7) is 3.98. The van der Waals surface area contributed by atoms with Crippen molar-refractivity contribution in [3.8, 4) is 21.8 Å². The zero-order valence-electron chi connectivity index (χ0n) is 17.2. The van der Waals surface area contributed by atoms with Gasteiger partial charge in [0.2, 0.25) is 0 Å². The molecule has 0 atom stereocenters. The molecule has 5 rings (SSSR count). The molecular weight excluding hydrogens is 404 g/mol. The zero-order valence-corrected chi connectivity index (χ0v) is 18.0. The molecule has 31 heavy (non-hydrogen) atoms. The molecule has 1 amide bonds. The number of hydrogen-bond donors (Lipinski definition) is 1. The van der Waals surface area contributed by atoms with Crippen LogP contribution in [0.4, 0.5) is 5.69 Å². The first-order valence-electron chi connectivity index (χ1n) is 10.0. The Labute approximate surface area is 184 Å². The standard InChI is InChI=1S/C26H20N2O2S/c1-16-21-10-6-7-11-22(21)30-24(16)25(29)27-20-14-12-18(13-15-20)23-17(2)31-26(28-23)19-8-4-3-5-9-19/h3-15H,1-2H3,(H,27,29). The predicted octanol–water partition coefficient (Wildman–Crippen LogP) is 7.09. The molecule has 3 aromatic carbocycles. The molecule has 1 N–H and O–H groups in total. The van der Waals surface area contributed by atoms with E-state index in [1.807, 2.05) is 73.7 Å². The largest absolute Gasteiger partial charge is 0.451 e. The van der Waals surface area contributed by atoms with Crippen molar-refractivity contribution in [3.63, 3.8) is 0 Å². The third kappa shape index (κ3) is 3.64. The van der Waals surface area contributed by atoms with E-state index >= 15 is 0 Å². The van der Waals surface area contributed by atoms with Gasteiger partial charge in [-0.15, -0.1) is 11.3 Å². The first kappa shape index (κ1) is 19.3. The lowest BCUT2D eigenvalue weighted by Crippen LogP contribution is -2.12. The van der Waals surface area contributed by atoms with Crippen molar-refractivity contribution < 1.29 is 9.21 Å². The number of aryl methyl sites for hydroxylation is 2. The van der Waals surface area contributed by atoms with Crippen molar-refractivity contribution in [1.29, 1.82) is 0 Å². The van der Waals surface area contributed by atoms with E-state index in [1.54, 1.807) is 11.3 Å². The Balaban J connectivity index is 1.37. The van der Waals surface area contributed by atoms with E-state index in [4.69, 9.17) is 9.40 Å². The zero-order chi connectivity index (χ0) is 21.4. The van der Waals surface area contributed by atoms with E-state index in [2.05, 4.69) is 24.4 Å². The average Bonchev–Trinajstić information content (AvgIpc) is 3.35. The van der Waals surface area contributed by atoms with Crippen molar-refractivity contribution in [1.82, 2.24) is 4.98 Å². The third-order valence-corrected chi connectivity index (χ3v) is 6.30. The molecule has 0 saturated carbocycles. The molecule has 0 spiro atoms. The highest BCUT2D eigenvalue weighted by molar-refractivity contribution is 7.15. The molecule has 5 heteroatoms. The molecule has 0 unspecified atom stereocenters. The van der Waals surface area contributed by atoms with Crippen LogP contribution in [0.1, 0.15) is 21.0 Å². The summed E-state index contributed by atoms with van der Waals surface area (Å²) in [5.74, 6) is 0.0887. The van der Waals surface area contributed by atoms with E-state index in [-0.39, 0.29) is 5.91 Å². The highest BCUT2D eigenvalue weighted by Gasteiger charge is 2.18. The Hall–Kier alpha value is -3.70. The molecule has 0 fully saturated rings. The lowest BCUT2D eigenvalue weighted by molar-refractivity contribution is 0.0998. The normalized spacial score (nSPS) is 11.0. The SMILES string of the molecule is Cc1sc(-c2ccccc2)nc1-c1ccc(NC(=O)c2oc3ccccc3c2C)cc1. The van der Waals surface area contributed by atoms with E-state index in [9.17, 15) is 4.79 Å². The number of hydrogen-bond acceptors (Lipinski definition) is 4. The molecule has 0 saturated heterocycles. The maximum Gasteiger partial charge on any atom is 0.291 e. The summed E-state index contributed by atoms with van der Waals surface area (Å²) < 4.78 is 5.77. The number of aromatic nitrogens is 1. The highest BCUT2D eigenvalue weighted by atomic mass is 32.1. The van der Waals surface area contributed by atoms with Gasteiger partial charge >= 0.3 is 0 Å². The number of carbonyl (C=O) groups excluding carboxylic acids is 1. The van der Waals surface area contributed by atoms with Gasteiger partial charge in [0.25, 0.3) is 5.91 Å². The van der Waals surface area contributed by atoms with Gasteiger partial charge in [0.05, 0.1) is 5.69 Å². The minimum Gasteiger partial charge on any atom is -0.451 e. The number of carbonyl (C=O) groups is 1. The summed E-state index contributed by atoms with van der Waals surface area (Å²) in [4.78, 5) is 18.8. The number of furan rings is 1. The Morgan fingerprint density at radius 3 is 2.32 bits per heavy atom. The maximum absolute atomic E-state index is 12.8. The molecule has 0 aliphatic carbocycles. The monoisotopic (exact) mass is 424 g/mol. The van der Waals surface area contributed by atoms with Crippen molar-refractivity contribution in [2.24, 2.45) is 0 Å².